The van der Waals surface area contributed by atoms with E-state index in [9.17, 15) is 4.79 Å². The Hall–Kier alpha value is -3.31. The second kappa shape index (κ2) is 9.23. The fourth-order valence-electron chi connectivity index (χ4n) is 3.47. The van der Waals surface area contributed by atoms with Gasteiger partial charge in [0.2, 0.25) is 0 Å². The molecule has 0 aliphatic carbocycles. The number of carbonyl (C=O) groups is 1. The predicted octanol–water partition coefficient (Wildman–Crippen LogP) is 5.32. The number of halogens is 1. The van der Waals surface area contributed by atoms with Crippen LogP contribution in [0.1, 0.15) is 27.3 Å². The number of ether oxygens (including phenoxy) is 1. The SMILES string of the molecule is Cc1ccc(OCCn2c(CNC(=O)c3ccccc3Cl)nc3ccccc32)cc1C. The predicted molar refractivity (Wildman–Crippen MR) is 124 cm³/mol. The van der Waals surface area contributed by atoms with E-state index in [1.54, 1.807) is 24.3 Å². The Morgan fingerprint density at radius 2 is 1.81 bits per heavy atom. The van der Waals surface area contributed by atoms with Crippen molar-refractivity contribution in [2.45, 2.75) is 26.9 Å². The number of amides is 1. The van der Waals surface area contributed by atoms with Crippen molar-refractivity contribution in [2.24, 2.45) is 0 Å². The number of carbonyl (C=O) groups excluding carboxylic acids is 1. The highest BCUT2D eigenvalue weighted by Crippen LogP contribution is 2.19. The van der Waals surface area contributed by atoms with Crippen LogP contribution in [0.3, 0.4) is 0 Å². The maximum absolute atomic E-state index is 12.6. The molecule has 1 heterocycles. The van der Waals surface area contributed by atoms with Crippen molar-refractivity contribution in [1.29, 1.82) is 0 Å². The lowest BCUT2D eigenvalue weighted by Gasteiger charge is -2.12. The van der Waals surface area contributed by atoms with Gasteiger partial charge in [-0.15, -0.1) is 0 Å². The molecule has 0 aliphatic heterocycles. The molecule has 0 aliphatic rings. The molecule has 0 spiro atoms. The van der Waals surface area contributed by atoms with Gasteiger partial charge < -0.3 is 14.6 Å². The van der Waals surface area contributed by atoms with Crippen LogP contribution in [0.5, 0.6) is 5.75 Å². The number of hydrogen-bond acceptors (Lipinski definition) is 3. The van der Waals surface area contributed by atoms with Crippen LogP contribution < -0.4 is 10.1 Å². The van der Waals surface area contributed by atoms with Gasteiger partial charge in [-0.25, -0.2) is 4.98 Å². The van der Waals surface area contributed by atoms with Gasteiger partial charge in [-0.1, -0.05) is 41.9 Å². The molecule has 1 N–H and O–H groups in total. The summed E-state index contributed by atoms with van der Waals surface area (Å²) in [6, 6.07) is 21.0. The minimum absolute atomic E-state index is 0.226. The molecule has 0 atom stereocenters. The van der Waals surface area contributed by atoms with E-state index in [2.05, 4.69) is 29.8 Å². The molecule has 1 aromatic heterocycles. The second-order valence-electron chi connectivity index (χ2n) is 7.43. The van der Waals surface area contributed by atoms with Gasteiger partial charge in [0, 0.05) is 0 Å². The van der Waals surface area contributed by atoms with E-state index >= 15 is 0 Å². The first-order valence-electron chi connectivity index (χ1n) is 10.2. The van der Waals surface area contributed by atoms with Crippen LogP contribution in [0, 0.1) is 13.8 Å². The highest BCUT2D eigenvalue weighted by molar-refractivity contribution is 6.33. The number of nitrogens with zero attached hydrogens (tertiary/aromatic N) is 2. The summed E-state index contributed by atoms with van der Waals surface area (Å²) in [7, 11) is 0. The van der Waals surface area contributed by atoms with Crippen LogP contribution in [-0.4, -0.2) is 22.1 Å². The smallest absolute Gasteiger partial charge is 0.253 e. The molecule has 0 saturated heterocycles. The van der Waals surface area contributed by atoms with Gasteiger partial charge in [0.15, 0.2) is 0 Å². The van der Waals surface area contributed by atoms with Crippen molar-refractivity contribution in [3.05, 3.63) is 94.3 Å². The Labute approximate surface area is 186 Å². The van der Waals surface area contributed by atoms with Gasteiger partial charge in [-0.3, -0.25) is 4.79 Å². The zero-order chi connectivity index (χ0) is 21.8. The van der Waals surface area contributed by atoms with Crippen LogP contribution in [0.15, 0.2) is 66.7 Å². The number of hydrogen-bond donors (Lipinski definition) is 1. The van der Waals surface area contributed by atoms with Crippen molar-refractivity contribution < 1.29 is 9.53 Å². The van der Waals surface area contributed by atoms with Crippen molar-refractivity contribution in [3.63, 3.8) is 0 Å². The fourth-order valence-corrected chi connectivity index (χ4v) is 3.69. The monoisotopic (exact) mass is 433 g/mol. The molecule has 0 unspecified atom stereocenters. The van der Waals surface area contributed by atoms with Crippen molar-refractivity contribution in [3.8, 4) is 5.75 Å². The van der Waals surface area contributed by atoms with E-state index in [0.29, 0.717) is 30.3 Å². The molecule has 4 rings (SSSR count). The van der Waals surface area contributed by atoms with Crippen molar-refractivity contribution >= 4 is 28.5 Å². The van der Waals surface area contributed by atoms with Crippen LogP contribution in [0.25, 0.3) is 11.0 Å². The summed E-state index contributed by atoms with van der Waals surface area (Å²) in [5, 5.41) is 3.36. The third-order valence-corrected chi connectivity index (χ3v) is 5.65. The third kappa shape index (κ3) is 4.72. The molecule has 0 fully saturated rings. The Morgan fingerprint density at radius 1 is 1.03 bits per heavy atom. The summed E-state index contributed by atoms with van der Waals surface area (Å²) >= 11 is 6.15. The zero-order valence-corrected chi connectivity index (χ0v) is 18.3. The van der Waals surface area contributed by atoms with Crippen molar-refractivity contribution in [1.82, 2.24) is 14.9 Å². The van der Waals surface area contributed by atoms with E-state index in [1.165, 1.54) is 11.1 Å². The lowest BCUT2D eigenvalue weighted by Crippen LogP contribution is -2.25. The number of aromatic nitrogens is 2. The van der Waals surface area contributed by atoms with Crippen molar-refractivity contribution in [2.75, 3.05) is 6.61 Å². The van der Waals surface area contributed by atoms with E-state index in [4.69, 9.17) is 21.3 Å². The summed E-state index contributed by atoms with van der Waals surface area (Å²) in [6.07, 6.45) is 0. The summed E-state index contributed by atoms with van der Waals surface area (Å²) in [5.41, 5.74) is 4.78. The molecule has 31 heavy (non-hydrogen) atoms. The van der Waals surface area contributed by atoms with Crippen LogP contribution in [0.2, 0.25) is 5.02 Å². The largest absolute Gasteiger partial charge is 0.492 e. The molecule has 3 aromatic carbocycles. The first-order valence-corrected chi connectivity index (χ1v) is 10.6. The summed E-state index contributed by atoms with van der Waals surface area (Å²) in [4.78, 5) is 17.3. The number of rotatable bonds is 7. The Bertz CT molecular complexity index is 1230. The number of para-hydroxylation sites is 2. The molecule has 6 heteroatoms. The van der Waals surface area contributed by atoms with E-state index < -0.39 is 0 Å². The van der Waals surface area contributed by atoms with Crippen LogP contribution in [-0.2, 0) is 13.1 Å². The van der Waals surface area contributed by atoms with Crippen LogP contribution >= 0.6 is 11.6 Å². The molecule has 1 amide bonds. The minimum Gasteiger partial charge on any atom is -0.492 e. The summed E-state index contributed by atoms with van der Waals surface area (Å²) in [5.74, 6) is 1.39. The number of nitrogens with one attached hydrogen (secondary N) is 1. The Morgan fingerprint density at radius 3 is 2.61 bits per heavy atom. The summed E-state index contributed by atoms with van der Waals surface area (Å²) in [6.45, 7) is 5.56. The third-order valence-electron chi connectivity index (χ3n) is 5.32. The average molecular weight is 434 g/mol. The number of aryl methyl sites for hydroxylation is 2. The summed E-state index contributed by atoms with van der Waals surface area (Å²) < 4.78 is 8.06. The van der Waals surface area contributed by atoms with Gasteiger partial charge in [-0.05, 0) is 61.4 Å². The topological polar surface area (TPSA) is 56.1 Å². The normalized spacial score (nSPS) is 10.9. The van der Waals surface area contributed by atoms with Gasteiger partial charge in [0.05, 0.1) is 34.7 Å². The maximum Gasteiger partial charge on any atom is 0.253 e. The molecule has 0 bridgehead atoms. The molecule has 0 saturated carbocycles. The van der Waals surface area contributed by atoms with E-state index in [1.807, 2.05) is 36.4 Å². The fraction of sp³-hybridized carbons (Fsp3) is 0.200. The average Bonchev–Trinajstić information content (AvgIpc) is 3.12. The molecule has 158 valence electrons. The molecular weight excluding hydrogens is 410 g/mol. The van der Waals surface area contributed by atoms with Gasteiger partial charge in [-0.2, -0.15) is 0 Å². The van der Waals surface area contributed by atoms with Gasteiger partial charge >= 0.3 is 0 Å². The second-order valence-corrected chi connectivity index (χ2v) is 7.83. The number of benzene rings is 3. The molecule has 0 radical (unpaired) electrons. The first-order chi connectivity index (χ1) is 15.0. The maximum atomic E-state index is 12.6. The highest BCUT2D eigenvalue weighted by Gasteiger charge is 2.14. The standard InChI is InChI=1S/C25H24ClN3O2/c1-17-11-12-19(15-18(17)2)31-14-13-29-23-10-6-5-9-22(23)28-24(29)16-27-25(30)20-7-3-4-8-21(20)26/h3-12,15H,13-14,16H2,1-2H3,(H,27,30). The molecule has 4 aromatic rings. The zero-order valence-electron chi connectivity index (χ0n) is 17.6. The number of fused-ring (bicyclic) bond motifs is 1. The lowest BCUT2D eigenvalue weighted by molar-refractivity contribution is 0.0949. The first kappa shape index (κ1) is 20.9. The highest BCUT2D eigenvalue weighted by atomic mass is 35.5. The van der Waals surface area contributed by atoms with E-state index in [-0.39, 0.29) is 5.91 Å². The van der Waals surface area contributed by atoms with Crippen LogP contribution in [0.4, 0.5) is 0 Å². The van der Waals surface area contributed by atoms with Gasteiger partial charge in [0.1, 0.15) is 18.2 Å². The quantitative estimate of drug-likeness (QED) is 0.429. The minimum atomic E-state index is -0.226. The Balaban J connectivity index is 1.49. The Kier molecular flexibility index (Phi) is 6.23. The lowest BCUT2D eigenvalue weighted by atomic mass is 10.1. The van der Waals surface area contributed by atoms with E-state index in [0.717, 1.165) is 22.6 Å². The molecule has 5 nitrogen and oxygen atoms in total. The number of imidazole rings is 1. The van der Waals surface area contributed by atoms with Gasteiger partial charge in [0.25, 0.3) is 5.91 Å². The molecular formula is C25H24ClN3O2.